The van der Waals surface area contributed by atoms with Crippen molar-refractivity contribution >= 4 is 50.6 Å². The molecule has 45 heavy (non-hydrogen) atoms. The normalized spacial score (nSPS) is 25.7. The van der Waals surface area contributed by atoms with Crippen molar-refractivity contribution in [2.24, 2.45) is 5.92 Å². The van der Waals surface area contributed by atoms with Crippen LogP contribution in [0.1, 0.15) is 58.4 Å². The molecule has 0 bridgehead atoms. The third-order valence-electron chi connectivity index (χ3n) is 8.29. The Morgan fingerprint density at radius 3 is 2.27 bits per heavy atom. The average molecular weight is 647 g/mol. The zero-order chi connectivity index (χ0) is 32.9. The summed E-state index contributed by atoms with van der Waals surface area (Å²) in [6.45, 7) is 5.50. The highest BCUT2D eigenvalue weighted by atomic mass is 32.2. The van der Waals surface area contributed by atoms with E-state index in [4.69, 9.17) is 0 Å². The maximum absolute atomic E-state index is 13.8. The zero-order valence-corrected chi connectivity index (χ0v) is 26.5. The minimum absolute atomic E-state index is 0.0379. The van der Waals surface area contributed by atoms with Crippen molar-refractivity contribution in [1.82, 2.24) is 31.2 Å². The van der Waals surface area contributed by atoms with Crippen LogP contribution in [0.4, 0.5) is 0 Å². The molecule has 14 nitrogen and oxygen atoms in total. The molecule has 1 aromatic carbocycles. The monoisotopic (exact) mass is 646 g/mol. The Hall–Kier alpha value is -3.98. The number of benzene rings is 1. The van der Waals surface area contributed by atoms with Crippen molar-refractivity contribution in [3.8, 4) is 0 Å². The Morgan fingerprint density at radius 2 is 1.58 bits per heavy atom. The lowest BCUT2D eigenvalue weighted by atomic mass is 10.0. The van der Waals surface area contributed by atoms with Gasteiger partial charge >= 0.3 is 0 Å². The van der Waals surface area contributed by atoms with Crippen LogP contribution in [0.2, 0.25) is 0 Å². The topological polar surface area (TPSA) is 207 Å². The van der Waals surface area contributed by atoms with Crippen LogP contribution >= 0.6 is 0 Å². The SMILES string of the molecule is CCCC[C@@H]1NC(=O)[C@@H](C(C)C)NC(=O)[C@@H]2CCCN2C(=O)[C@H](CS(=O)(=O)O)NC(=O)[C@@H](Cc2c[nH]c3ccccc23)NC1=O. The number of unbranched alkanes of at least 4 members (excludes halogenated alkanes) is 1. The van der Waals surface area contributed by atoms with E-state index < -0.39 is 75.6 Å². The van der Waals surface area contributed by atoms with Crippen LogP contribution in [-0.2, 0) is 40.5 Å². The van der Waals surface area contributed by atoms with Gasteiger partial charge in [-0.25, -0.2) is 0 Å². The van der Waals surface area contributed by atoms with Crippen molar-refractivity contribution in [1.29, 1.82) is 0 Å². The summed E-state index contributed by atoms with van der Waals surface area (Å²) in [6, 6.07) is 1.19. The van der Waals surface area contributed by atoms with Crippen LogP contribution in [-0.4, -0.2) is 94.9 Å². The molecule has 15 heteroatoms. The first-order valence-electron chi connectivity index (χ1n) is 15.3. The molecule has 0 saturated carbocycles. The predicted molar refractivity (Wildman–Crippen MR) is 165 cm³/mol. The van der Waals surface area contributed by atoms with E-state index in [1.165, 1.54) is 0 Å². The lowest BCUT2D eigenvalue weighted by Gasteiger charge is -2.30. The van der Waals surface area contributed by atoms with Crippen molar-refractivity contribution < 1.29 is 36.9 Å². The first-order valence-corrected chi connectivity index (χ1v) is 16.9. The first kappa shape index (κ1) is 33.9. The van der Waals surface area contributed by atoms with Crippen LogP contribution in [0.15, 0.2) is 30.5 Å². The van der Waals surface area contributed by atoms with Crippen LogP contribution < -0.4 is 21.3 Å². The number of carbonyl (C=O) groups is 5. The van der Waals surface area contributed by atoms with Gasteiger partial charge in [-0.1, -0.05) is 51.8 Å². The number of hydrogen-bond donors (Lipinski definition) is 6. The van der Waals surface area contributed by atoms with E-state index in [0.717, 1.165) is 22.2 Å². The Labute approximate surface area is 262 Å². The molecule has 3 heterocycles. The Bertz CT molecular complexity index is 1540. The number of nitrogens with zero attached hydrogens (tertiary/aromatic N) is 1. The van der Waals surface area contributed by atoms with Gasteiger partial charge in [-0.15, -0.1) is 0 Å². The number of aromatic amines is 1. The number of H-pyrrole nitrogens is 1. The second-order valence-corrected chi connectivity index (χ2v) is 13.6. The van der Waals surface area contributed by atoms with Gasteiger partial charge in [0.05, 0.1) is 0 Å². The summed E-state index contributed by atoms with van der Waals surface area (Å²) in [5.74, 6) is -5.11. The fourth-order valence-electron chi connectivity index (χ4n) is 5.89. The number of para-hydroxylation sites is 1. The van der Waals surface area contributed by atoms with Crippen molar-refractivity contribution in [2.75, 3.05) is 12.3 Å². The van der Waals surface area contributed by atoms with Gasteiger partial charge in [-0.3, -0.25) is 28.5 Å². The van der Waals surface area contributed by atoms with Crippen LogP contribution in [0.5, 0.6) is 0 Å². The molecular formula is C30H42N6O8S. The molecule has 5 amide bonds. The number of carbonyl (C=O) groups excluding carboxylic acids is 5. The summed E-state index contributed by atoms with van der Waals surface area (Å²) in [5.41, 5.74) is 1.46. The number of nitrogens with one attached hydrogen (secondary N) is 5. The number of rotatable bonds is 8. The van der Waals surface area contributed by atoms with Gasteiger partial charge in [0.1, 0.15) is 36.0 Å². The second kappa shape index (κ2) is 14.4. The van der Waals surface area contributed by atoms with E-state index in [-0.39, 0.29) is 31.7 Å². The fourth-order valence-corrected chi connectivity index (χ4v) is 6.53. The van der Waals surface area contributed by atoms with Crippen LogP contribution in [0.3, 0.4) is 0 Å². The van der Waals surface area contributed by atoms with Gasteiger partial charge in [0, 0.05) is 30.1 Å². The highest BCUT2D eigenvalue weighted by Crippen LogP contribution is 2.22. The molecule has 2 fully saturated rings. The summed E-state index contributed by atoms with van der Waals surface area (Å²) in [7, 11) is -4.77. The third-order valence-corrected chi connectivity index (χ3v) is 9.04. The van der Waals surface area contributed by atoms with E-state index >= 15 is 0 Å². The summed E-state index contributed by atoms with van der Waals surface area (Å²) in [5, 5.41) is 11.4. The van der Waals surface area contributed by atoms with Gasteiger partial charge < -0.3 is 31.2 Å². The van der Waals surface area contributed by atoms with E-state index in [1.807, 2.05) is 31.2 Å². The smallest absolute Gasteiger partial charge is 0.267 e. The molecule has 4 rings (SSSR count). The summed E-state index contributed by atoms with van der Waals surface area (Å²) >= 11 is 0. The number of fused-ring (bicyclic) bond motifs is 2. The number of aromatic nitrogens is 1. The number of amides is 5. The minimum Gasteiger partial charge on any atom is -0.361 e. The first-order chi connectivity index (χ1) is 21.3. The number of hydrogen-bond acceptors (Lipinski definition) is 7. The summed E-state index contributed by atoms with van der Waals surface area (Å²) in [4.78, 5) is 72.5. The zero-order valence-electron chi connectivity index (χ0n) is 25.7. The van der Waals surface area contributed by atoms with E-state index in [2.05, 4.69) is 26.3 Å². The average Bonchev–Trinajstić information content (AvgIpc) is 3.63. The van der Waals surface area contributed by atoms with Gasteiger partial charge in [-0.2, -0.15) is 8.42 Å². The summed E-state index contributed by atoms with van der Waals surface area (Å²) < 4.78 is 33.7. The quantitative estimate of drug-likeness (QED) is 0.221. The van der Waals surface area contributed by atoms with Gasteiger partial charge in [0.25, 0.3) is 10.1 Å². The van der Waals surface area contributed by atoms with Gasteiger partial charge in [0.2, 0.25) is 29.5 Å². The molecule has 2 aliphatic heterocycles. The lowest BCUT2D eigenvalue weighted by Crippen LogP contribution is -2.59. The minimum atomic E-state index is -4.77. The van der Waals surface area contributed by atoms with Crippen molar-refractivity contribution in [3.05, 3.63) is 36.0 Å². The molecule has 0 radical (unpaired) electrons. The Morgan fingerprint density at radius 1 is 0.911 bits per heavy atom. The Kier molecular flexibility index (Phi) is 10.9. The molecule has 2 saturated heterocycles. The Balaban J connectivity index is 1.77. The maximum atomic E-state index is 13.8. The predicted octanol–water partition coefficient (Wildman–Crippen LogP) is 0.388. The van der Waals surface area contributed by atoms with E-state index in [9.17, 15) is 36.9 Å². The van der Waals surface area contributed by atoms with Crippen molar-refractivity contribution in [3.63, 3.8) is 0 Å². The van der Waals surface area contributed by atoms with E-state index in [1.54, 1.807) is 20.0 Å². The molecule has 2 aliphatic rings. The molecule has 0 unspecified atom stereocenters. The molecule has 6 N–H and O–H groups in total. The largest absolute Gasteiger partial charge is 0.361 e. The highest BCUT2D eigenvalue weighted by Gasteiger charge is 2.42. The lowest BCUT2D eigenvalue weighted by molar-refractivity contribution is -0.142. The second-order valence-electron chi connectivity index (χ2n) is 12.1. The summed E-state index contributed by atoms with van der Waals surface area (Å²) in [6.07, 6.45) is 3.89. The highest BCUT2D eigenvalue weighted by molar-refractivity contribution is 7.85. The third kappa shape index (κ3) is 8.39. The molecular weight excluding hydrogens is 604 g/mol. The standard InChI is InChI=1S/C30H42N6O8S/c1-4-5-10-21-26(37)33-22(14-18-15-31-20-11-7-6-9-19(18)20)27(38)34-23(16-45(42,43)44)30(41)36-13-8-12-24(36)28(39)35-25(17(2)3)29(40)32-21/h6-7,9,11,15,17,21-25,31H,4-5,8,10,12-14,16H2,1-3H3,(H,32,40)(H,33,37)(H,34,38)(H,35,39)(H,42,43,44)/t21-,22+,23-,24-,25+/m0/s1. The van der Waals surface area contributed by atoms with Crippen LogP contribution in [0, 0.1) is 5.92 Å². The maximum Gasteiger partial charge on any atom is 0.267 e. The van der Waals surface area contributed by atoms with Crippen LogP contribution in [0.25, 0.3) is 10.9 Å². The molecule has 0 aliphatic carbocycles. The van der Waals surface area contributed by atoms with E-state index in [0.29, 0.717) is 18.4 Å². The molecule has 1 aromatic heterocycles. The van der Waals surface area contributed by atoms with Gasteiger partial charge in [0.15, 0.2) is 0 Å². The fraction of sp³-hybridized carbons (Fsp3) is 0.567. The van der Waals surface area contributed by atoms with Gasteiger partial charge in [-0.05, 0) is 36.8 Å². The van der Waals surface area contributed by atoms with Crippen molar-refractivity contribution in [2.45, 2.75) is 89.5 Å². The molecule has 246 valence electrons. The molecule has 5 atom stereocenters. The molecule has 0 spiro atoms. The molecule has 2 aromatic rings.